The Balaban J connectivity index is 2.42. The van der Waals surface area contributed by atoms with Crippen LogP contribution in [-0.2, 0) is 28.7 Å². The lowest BCUT2D eigenvalue weighted by Crippen LogP contribution is -2.55. The standard InChI is InChI=1S/C16H22N2O8/c1-15(2,3)26-12(23)9-5-4-6-17-13(24)16(7-10(19)20,8-11(21)22)14(25)18(9)17/h9H,4-8H2,1-3H3,(H,19,20)(H,21,22). The normalized spacial score (nSPS) is 22.2. The van der Waals surface area contributed by atoms with E-state index in [1.807, 2.05) is 0 Å². The molecular weight excluding hydrogens is 348 g/mol. The maximum atomic E-state index is 13.0. The minimum atomic E-state index is -2.25. The predicted molar refractivity (Wildman–Crippen MR) is 84.4 cm³/mol. The van der Waals surface area contributed by atoms with Crippen molar-refractivity contribution >= 4 is 29.7 Å². The van der Waals surface area contributed by atoms with Crippen molar-refractivity contribution in [1.82, 2.24) is 10.0 Å². The van der Waals surface area contributed by atoms with Crippen molar-refractivity contribution in [3.63, 3.8) is 0 Å². The number of carbonyl (C=O) groups excluding carboxylic acids is 3. The van der Waals surface area contributed by atoms with E-state index in [2.05, 4.69) is 0 Å². The zero-order valence-corrected chi connectivity index (χ0v) is 14.9. The first-order valence-corrected chi connectivity index (χ1v) is 8.21. The number of carboxylic acid groups (broad SMARTS) is 2. The van der Waals surface area contributed by atoms with Gasteiger partial charge in [0.05, 0.1) is 12.8 Å². The van der Waals surface area contributed by atoms with E-state index in [0.717, 1.165) is 10.0 Å². The maximum Gasteiger partial charge on any atom is 0.331 e. The van der Waals surface area contributed by atoms with Crippen LogP contribution in [0.15, 0.2) is 0 Å². The van der Waals surface area contributed by atoms with Crippen LogP contribution in [0.2, 0.25) is 0 Å². The lowest BCUT2D eigenvalue weighted by atomic mass is 9.80. The van der Waals surface area contributed by atoms with Gasteiger partial charge in [-0.1, -0.05) is 0 Å². The lowest BCUT2D eigenvalue weighted by molar-refractivity contribution is -0.179. The predicted octanol–water partition coefficient (Wildman–Crippen LogP) is 0.0121. The summed E-state index contributed by atoms with van der Waals surface area (Å²) in [5.74, 6) is -5.54. The molecule has 0 saturated carbocycles. The summed E-state index contributed by atoms with van der Waals surface area (Å²) in [5, 5.41) is 20.1. The van der Waals surface area contributed by atoms with Crippen LogP contribution in [0.25, 0.3) is 0 Å². The van der Waals surface area contributed by atoms with E-state index in [-0.39, 0.29) is 13.0 Å². The quantitative estimate of drug-likeness (QED) is 0.509. The number of ether oxygens (including phenoxy) is 1. The smallest absolute Gasteiger partial charge is 0.331 e. The molecule has 0 aromatic carbocycles. The highest BCUT2D eigenvalue weighted by atomic mass is 16.6. The number of hydrogen-bond acceptors (Lipinski definition) is 6. The van der Waals surface area contributed by atoms with E-state index >= 15 is 0 Å². The van der Waals surface area contributed by atoms with Crippen LogP contribution < -0.4 is 0 Å². The summed E-state index contributed by atoms with van der Waals surface area (Å²) >= 11 is 0. The largest absolute Gasteiger partial charge is 0.481 e. The second-order valence-electron chi connectivity index (χ2n) is 7.49. The molecule has 0 aliphatic carbocycles. The van der Waals surface area contributed by atoms with Crippen molar-refractivity contribution in [2.75, 3.05) is 6.54 Å². The van der Waals surface area contributed by atoms with Crippen molar-refractivity contribution in [1.29, 1.82) is 0 Å². The number of esters is 1. The van der Waals surface area contributed by atoms with E-state index in [0.29, 0.717) is 6.42 Å². The van der Waals surface area contributed by atoms with Crippen LogP contribution in [0.1, 0.15) is 46.5 Å². The van der Waals surface area contributed by atoms with Crippen molar-refractivity contribution in [2.45, 2.75) is 58.1 Å². The molecule has 1 unspecified atom stereocenters. The van der Waals surface area contributed by atoms with Gasteiger partial charge in [-0.15, -0.1) is 0 Å². The van der Waals surface area contributed by atoms with E-state index in [1.165, 1.54) is 0 Å². The van der Waals surface area contributed by atoms with Gasteiger partial charge in [0.1, 0.15) is 5.60 Å². The molecule has 0 aromatic rings. The van der Waals surface area contributed by atoms with E-state index in [4.69, 9.17) is 14.9 Å². The molecule has 1 atom stereocenters. The highest BCUT2D eigenvalue weighted by Gasteiger charge is 2.63. The molecule has 2 aliphatic heterocycles. The second kappa shape index (κ2) is 6.58. The Bertz CT molecular complexity index is 650. The first kappa shape index (κ1) is 19.7. The fourth-order valence-electron chi connectivity index (χ4n) is 3.31. The zero-order valence-electron chi connectivity index (χ0n) is 14.9. The van der Waals surface area contributed by atoms with Crippen LogP contribution in [0, 0.1) is 5.41 Å². The van der Waals surface area contributed by atoms with Gasteiger partial charge < -0.3 is 14.9 Å². The third-order valence-electron chi connectivity index (χ3n) is 4.25. The Kier molecular flexibility index (Phi) is 4.98. The minimum absolute atomic E-state index is 0.102. The molecule has 2 amide bonds. The SMILES string of the molecule is CC(C)(C)OC(=O)C1CCCN2C(=O)C(CC(=O)O)(CC(=O)O)C(=O)N12. The molecule has 2 heterocycles. The average Bonchev–Trinajstić information content (AvgIpc) is 2.67. The van der Waals surface area contributed by atoms with Gasteiger partial charge in [-0.05, 0) is 33.6 Å². The molecule has 2 fully saturated rings. The first-order chi connectivity index (χ1) is 11.9. The third kappa shape index (κ3) is 3.49. The summed E-state index contributed by atoms with van der Waals surface area (Å²) in [5.41, 5.74) is -3.06. The number of hydrazine groups is 1. The van der Waals surface area contributed by atoms with E-state index < -0.39 is 59.6 Å². The number of fused-ring (bicyclic) bond motifs is 1. The molecule has 2 aliphatic rings. The topological polar surface area (TPSA) is 142 Å². The van der Waals surface area contributed by atoms with Crippen LogP contribution in [0.5, 0.6) is 0 Å². The van der Waals surface area contributed by atoms with Crippen LogP contribution in [0.3, 0.4) is 0 Å². The minimum Gasteiger partial charge on any atom is -0.481 e. The van der Waals surface area contributed by atoms with Crippen LogP contribution in [0.4, 0.5) is 0 Å². The number of aliphatic carboxylic acids is 2. The first-order valence-electron chi connectivity index (χ1n) is 8.21. The van der Waals surface area contributed by atoms with Crippen LogP contribution >= 0.6 is 0 Å². The molecule has 10 heteroatoms. The summed E-state index contributed by atoms with van der Waals surface area (Å²) in [7, 11) is 0. The summed E-state index contributed by atoms with van der Waals surface area (Å²) in [6.45, 7) is 5.07. The maximum absolute atomic E-state index is 13.0. The van der Waals surface area contributed by atoms with Gasteiger partial charge in [-0.25, -0.2) is 14.8 Å². The summed E-state index contributed by atoms with van der Waals surface area (Å²) in [6, 6.07) is -1.09. The molecule has 144 valence electrons. The fourth-order valence-corrected chi connectivity index (χ4v) is 3.31. The van der Waals surface area contributed by atoms with Gasteiger partial charge >= 0.3 is 17.9 Å². The molecule has 2 saturated heterocycles. The van der Waals surface area contributed by atoms with Crippen molar-refractivity contribution in [2.24, 2.45) is 5.41 Å². The van der Waals surface area contributed by atoms with Gasteiger partial charge in [0, 0.05) is 6.54 Å². The average molecular weight is 370 g/mol. The number of hydrogen-bond donors (Lipinski definition) is 2. The Morgan fingerprint density at radius 2 is 1.65 bits per heavy atom. The molecule has 2 N–H and O–H groups in total. The number of amides is 2. The third-order valence-corrected chi connectivity index (χ3v) is 4.25. The number of rotatable bonds is 5. The summed E-state index contributed by atoms with van der Waals surface area (Å²) in [4.78, 5) is 60.6. The fraction of sp³-hybridized carbons (Fsp3) is 0.688. The van der Waals surface area contributed by atoms with Gasteiger partial charge in [-0.2, -0.15) is 0 Å². The Morgan fingerprint density at radius 1 is 1.12 bits per heavy atom. The number of carbonyl (C=O) groups is 5. The molecule has 0 aromatic heterocycles. The molecule has 2 rings (SSSR count). The second-order valence-corrected chi connectivity index (χ2v) is 7.49. The van der Waals surface area contributed by atoms with Gasteiger partial charge in [0.25, 0.3) is 11.8 Å². The van der Waals surface area contributed by atoms with Crippen molar-refractivity contribution < 1.29 is 38.9 Å². The zero-order chi connectivity index (χ0) is 19.9. The van der Waals surface area contributed by atoms with Crippen LogP contribution in [-0.4, -0.2) is 68.1 Å². The van der Waals surface area contributed by atoms with E-state index in [1.54, 1.807) is 20.8 Å². The van der Waals surface area contributed by atoms with E-state index in [9.17, 15) is 24.0 Å². The molecular formula is C16H22N2O8. The molecule has 26 heavy (non-hydrogen) atoms. The number of nitrogens with zero attached hydrogens (tertiary/aromatic N) is 2. The van der Waals surface area contributed by atoms with Gasteiger partial charge in [-0.3, -0.25) is 19.2 Å². The highest BCUT2D eigenvalue weighted by Crippen LogP contribution is 2.42. The molecule has 0 radical (unpaired) electrons. The van der Waals surface area contributed by atoms with Crippen molar-refractivity contribution in [3.8, 4) is 0 Å². The van der Waals surface area contributed by atoms with Gasteiger partial charge in [0.2, 0.25) is 0 Å². The van der Waals surface area contributed by atoms with Gasteiger partial charge in [0.15, 0.2) is 11.5 Å². The Labute approximate surface area is 149 Å². The monoisotopic (exact) mass is 370 g/mol. The Hall–Kier alpha value is -2.65. The molecule has 0 bridgehead atoms. The molecule has 10 nitrogen and oxygen atoms in total. The lowest BCUT2D eigenvalue weighted by Gasteiger charge is -2.38. The summed E-state index contributed by atoms with van der Waals surface area (Å²) < 4.78 is 5.30. The number of carboxylic acids is 2. The van der Waals surface area contributed by atoms with Crippen molar-refractivity contribution in [3.05, 3.63) is 0 Å². The summed E-state index contributed by atoms with van der Waals surface area (Å²) in [6.07, 6.45) is -1.27. The molecule has 0 spiro atoms. The Morgan fingerprint density at radius 3 is 2.12 bits per heavy atom. The highest BCUT2D eigenvalue weighted by molar-refractivity contribution is 6.14.